The fourth-order valence-electron chi connectivity index (χ4n) is 2.81. The molecule has 0 saturated heterocycles. The molecule has 10 heteroatoms. The summed E-state index contributed by atoms with van der Waals surface area (Å²) in [5.41, 5.74) is 0.949. The van der Waals surface area contributed by atoms with E-state index in [1.807, 2.05) is 24.3 Å². The molecule has 1 aromatic heterocycles. The first-order valence-corrected chi connectivity index (χ1v) is 11.7. The number of aromatic nitrogens is 2. The smallest absolute Gasteiger partial charge is 0.224 e. The number of ether oxygens (including phenoxy) is 2. The van der Waals surface area contributed by atoms with Crippen LogP contribution in [0.5, 0.6) is 11.5 Å². The van der Waals surface area contributed by atoms with Gasteiger partial charge in [0.25, 0.3) is 0 Å². The zero-order chi connectivity index (χ0) is 25.6. The van der Waals surface area contributed by atoms with Gasteiger partial charge in [0.1, 0.15) is 42.2 Å². The second-order valence-electron chi connectivity index (χ2n) is 7.18. The van der Waals surface area contributed by atoms with Gasteiger partial charge in [-0.3, -0.25) is 0 Å². The van der Waals surface area contributed by atoms with Gasteiger partial charge in [0.05, 0.1) is 6.54 Å². The summed E-state index contributed by atoms with van der Waals surface area (Å²) in [7, 11) is 0. The van der Waals surface area contributed by atoms with Crippen LogP contribution < -0.4 is 20.1 Å². The summed E-state index contributed by atoms with van der Waals surface area (Å²) in [4.78, 5) is 7.74. The summed E-state index contributed by atoms with van der Waals surface area (Å²) in [6.07, 6.45) is 1.57. The first-order chi connectivity index (χ1) is 17.5. The lowest BCUT2D eigenvalue weighted by atomic mass is 10.3. The maximum absolute atomic E-state index is 12.7. The van der Waals surface area contributed by atoms with Gasteiger partial charge in [-0.25, -0.2) is 18.7 Å². The molecule has 1 heterocycles. The normalized spacial score (nSPS) is 10.1. The highest BCUT2D eigenvalue weighted by Gasteiger charge is 1.98. The van der Waals surface area contributed by atoms with Crippen molar-refractivity contribution in [1.29, 1.82) is 0 Å². The number of halogens is 4. The molecule has 0 atom stereocenters. The molecule has 0 aliphatic rings. The molecule has 6 nitrogen and oxygen atoms in total. The molecule has 4 rings (SSSR count). The lowest BCUT2D eigenvalue weighted by molar-refractivity contribution is 0.332. The average molecular weight is 533 g/mol. The van der Waals surface area contributed by atoms with Crippen LogP contribution in [0, 0.1) is 11.6 Å². The molecule has 0 radical (unpaired) electrons. The molecule has 4 aromatic rings. The Morgan fingerprint density at radius 1 is 0.722 bits per heavy atom. The second kappa shape index (κ2) is 14.7. The van der Waals surface area contributed by atoms with Gasteiger partial charge in [0, 0.05) is 23.5 Å². The SMILES string of the molecule is Fc1ccc(OCCNc2cccc(Cl)c2)cc1.Fc1ccc(OCCNc2ccnc(Cl)n2)cc1. The van der Waals surface area contributed by atoms with Crippen molar-refractivity contribution in [3.63, 3.8) is 0 Å². The lowest BCUT2D eigenvalue weighted by Crippen LogP contribution is -2.12. The molecule has 2 N–H and O–H groups in total. The van der Waals surface area contributed by atoms with Crippen LogP contribution in [0.3, 0.4) is 0 Å². The van der Waals surface area contributed by atoms with E-state index in [1.54, 1.807) is 36.5 Å². The predicted octanol–water partition coefficient (Wildman–Crippen LogP) is 6.73. The van der Waals surface area contributed by atoms with Crippen LogP contribution >= 0.6 is 23.2 Å². The third-order valence-corrected chi connectivity index (χ3v) is 4.87. The Balaban J connectivity index is 0.000000201. The van der Waals surface area contributed by atoms with Gasteiger partial charge in [-0.2, -0.15) is 0 Å². The Morgan fingerprint density at radius 3 is 1.86 bits per heavy atom. The second-order valence-corrected chi connectivity index (χ2v) is 7.95. The molecule has 0 spiro atoms. The molecule has 36 heavy (non-hydrogen) atoms. The van der Waals surface area contributed by atoms with E-state index in [2.05, 4.69) is 20.6 Å². The van der Waals surface area contributed by atoms with E-state index in [1.165, 1.54) is 24.3 Å². The minimum Gasteiger partial charge on any atom is -0.492 e. The highest BCUT2D eigenvalue weighted by Crippen LogP contribution is 2.15. The van der Waals surface area contributed by atoms with Crippen LogP contribution in [0.4, 0.5) is 20.3 Å². The third kappa shape index (κ3) is 10.3. The zero-order valence-electron chi connectivity index (χ0n) is 19.1. The van der Waals surface area contributed by atoms with Crippen molar-refractivity contribution in [2.45, 2.75) is 0 Å². The maximum atomic E-state index is 12.7. The highest BCUT2D eigenvalue weighted by molar-refractivity contribution is 6.30. The molecular weight excluding hydrogens is 509 g/mol. The fraction of sp³-hybridized carbons (Fsp3) is 0.154. The summed E-state index contributed by atoms with van der Waals surface area (Å²) >= 11 is 11.5. The molecule has 0 fully saturated rings. The fourth-order valence-corrected chi connectivity index (χ4v) is 3.14. The number of nitrogens with one attached hydrogen (secondary N) is 2. The number of benzene rings is 3. The largest absolute Gasteiger partial charge is 0.492 e. The van der Waals surface area contributed by atoms with Crippen molar-refractivity contribution >= 4 is 34.7 Å². The Bertz CT molecular complexity index is 1100. The molecule has 188 valence electrons. The van der Waals surface area contributed by atoms with Gasteiger partial charge < -0.3 is 20.1 Å². The molecule has 0 aliphatic heterocycles. The summed E-state index contributed by atoms with van der Waals surface area (Å²) < 4.78 is 36.2. The summed E-state index contributed by atoms with van der Waals surface area (Å²) in [6.45, 7) is 2.15. The van der Waals surface area contributed by atoms with E-state index < -0.39 is 0 Å². The first-order valence-electron chi connectivity index (χ1n) is 11.0. The van der Waals surface area contributed by atoms with Crippen molar-refractivity contribution in [2.75, 3.05) is 36.9 Å². The highest BCUT2D eigenvalue weighted by atomic mass is 35.5. The van der Waals surface area contributed by atoms with Gasteiger partial charge in [-0.15, -0.1) is 0 Å². The molecule has 0 unspecified atom stereocenters. The van der Waals surface area contributed by atoms with Gasteiger partial charge in [0.15, 0.2) is 0 Å². The maximum Gasteiger partial charge on any atom is 0.224 e. The van der Waals surface area contributed by atoms with E-state index in [0.717, 1.165) is 5.69 Å². The molecular formula is C26H24Cl2F2N4O2. The first kappa shape index (κ1) is 27.0. The summed E-state index contributed by atoms with van der Waals surface area (Å²) in [6, 6.07) is 21.0. The van der Waals surface area contributed by atoms with E-state index in [4.69, 9.17) is 32.7 Å². The van der Waals surface area contributed by atoms with Crippen LogP contribution in [0.15, 0.2) is 85.1 Å². The number of anilines is 2. The van der Waals surface area contributed by atoms with Crippen molar-refractivity contribution in [1.82, 2.24) is 9.97 Å². The topological polar surface area (TPSA) is 68.3 Å². The van der Waals surface area contributed by atoms with Crippen LogP contribution in [-0.2, 0) is 0 Å². The van der Waals surface area contributed by atoms with Crippen molar-refractivity contribution in [2.24, 2.45) is 0 Å². The number of hydrogen-bond acceptors (Lipinski definition) is 6. The van der Waals surface area contributed by atoms with Gasteiger partial charge in [0.2, 0.25) is 5.28 Å². The molecule has 0 amide bonds. The van der Waals surface area contributed by atoms with Crippen LogP contribution in [0.2, 0.25) is 10.3 Å². The molecule has 0 saturated carbocycles. The number of rotatable bonds is 10. The molecule has 0 aliphatic carbocycles. The van der Waals surface area contributed by atoms with Gasteiger partial charge >= 0.3 is 0 Å². The minimum absolute atomic E-state index is 0.194. The van der Waals surface area contributed by atoms with Crippen molar-refractivity contribution < 1.29 is 18.3 Å². The van der Waals surface area contributed by atoms with Gasteiger partial charge in [-0.1, -0.05) is 17.7 Å². The Morgan fingerprint density at radius 2 is 1.31 bits per heavy atom. The predicted molar refractivity (Wildman–Crippen MR) is 139 cm³/mol. The van der Waals surface area contributed by atoms with Crippen molar-refractivity contribution in [3.8, 4) is 11.5 Å². The van der Waals surface area contributed by atoms with Crippen LogP contribution in [-0.4, -0.2) is 36.3 Å². The summed E-state index contributed by atoms with van der Waals surface area (Å²) in [5, 5.41) is 7.10. The Labute approximate surface area is 218 Å². The lowest BCUT2D eigenvalue weighted by Gasteiger charge is -2.08. The summed E-state index contributed by atoms with van der Waals surface area (Å²) in [5.74, 6) is 1.37. The van der Waals surface area contributed by atoms with Crippen LogP contribution in [0.25, 0.3) is 0 Å². The standard InChI is InChI=1S/C14H13ClFNO.C12H11ClFN3O/c15-11-2-1-3-13(10-11)17-8-9-18-14-6-4-12(16)5-7-14;13-12-16-6-5-11(17-12)15-7-8-18-10-3-1-9(14)2-4-10/h1-7,10,17H,8-9H2;1-6H,7-8H2,(H,15,16,17). The van der Waals surface area contributed by atoms with E-state index >= 15 is 0 Å². The number of nitrogens with zero attached hydrogens (tertiary/aromatic N) is 2. The van der Waals surface area contributed by atoms with Crippen molar-refractivity contribution in [3.05, 3.63) is 107 Å². The van der Waals surface area contributed by atoms with E-state index in [-0.39, 0.29) is 16.9 Å². The molecule has 3 aromatic carbocycles. The van der Waals surface area contributed by atoms with Gasteiger partial charge in [-0.05, 0) is 84.4 Å². The Hall–Kier alpha value is -3.62. The molecule has 0 bridgehead atoms. The minimum atomic E-state index is -0.281. The Kier molecular flexibility index (Phi) is 11.0. The monoisotopic (exact) mass is 532 g/mol. The quantitative estimate of drug-likeness (QED) is 0.174. The van der Waals surface area contributed by atoms with Crippen LogP contribution in [0.1, 0.15) is 0 Å². The third-order valence-electron chi connectivity index (χ3n) is 4.45. The van der Waals surface area contributed by atoms with E-state index in [9.17, 15) is 8.78 Å². The zero-order valence-corrected chi connectivity index (χ0v) is 20.6. The average Bonchev–Trinajstić information content (AvgIpc) is 2.87. The number of hydrogen-bond donors (Lipinski definition) is 2. The van der Waals surface area contributed by atoms with E-state index in [0.29, 0.717) is 48.6 Å².